The summed E-state index contributed by atoms with van der Waals surface area (Å²) in [6.45, 7) is 0.769. The molecule has 6 heteroatoms. The molecule has 2 fully saturated rings. The molecule has 2 rings (SSSR count). The maximum Gasteiger partial charge on any atom is 0.248 e. The molecule has 0 aromatic rings. The van der Waals surface area contributed by atoms with Crippen molar-refractivity contribution in [3.05, 3.63) is 0 Å². The second-order valence-electron chi connectivity index (χ2n) is 3.37. The van der Waals surface area contributed by atoms with Crippen molar-refractivity contribution in [3.8, 4) is 0 Å². The van der Waals surface area contributed by atoms with Crippen molar-refractivity contribution in [1.29, 1.82) is 0 Å². The van der Waals surface area contributed by atoms with Gasteiger partial charge in [-0.3, -0.25) is 9.59 Å². The Morgan fingerprint density at radius 1 is 1.57 bits per heavy atom. The summed E-state index contributed by atoms with van der Waals surface area (Å²) in [5, 5.41) is 11.3. The predicted molar refractivity (Wildman–Crippen MR) is 45.3 cm³/mol. The van der Waals surface area contributed by atoms with Gasteiger partial charge in [-0.25, -0.2) is 0 Å². The minimum absolute atomic E-state index is 0.222. The molecule has 2 N–H and O–H groups in total. The van der Waals surface area contributed by atoms with Crippen LogP contribution in [0.15, 0.2) is 0 Å². The van der Waals surface area contributed by atoms with E-state index in [4.69, 9.17) is 9.84 Å². The zero-order valence-electron chi connectivity index (χ0n) is 7.60. The van der Waals surface area contributed by atoms with E-state index in [9.17, 15) is 9.59 Å². The van der Waals surface area contributed by atoms with Crippen LogP contribution >= 0.6 is 0 Å². The number of rotatable bonds is 1. The van der Waals surface area contributed by atoms with Crippen LogP contribution in [0.3, 0.4) is 0 Å². The zero-order chi connectivity index (χ0) is 10.1. The van der Waals surface area contributed by atoms with Crippen LogP contribution in [0.25, 0.3) is 0 Å². The topological polar surface area (TPSA) is 78.9 Å². The third-order valence-corrected chi connectivity index (χ3v) is 2.51. The third-order valence-electron chi connectivity index (χ3n) is 2.51. The van der Waals surface area contributed by atoms with Gasteiger partial charge in [0.25, 0.3) is 0 Å². The van der Waals surface area contributed by atoms with Gasteiger partial charge < -0.3 is 20.1 Å². The molecule has 0 saturated carbocycles. The van der Waals surface area contributed by atoms with Crippen LogP contribution in [0, 0.1) is 0 Å². The number of hydrogen-bond acceptors (Lipinski definition) is 4. The van der Waals surface area contributed by atoms with E-state index >= 15 is 0 Å². The van der Waals surface area contributed by atoms with E-state index in [0.29, 0.717) is 13.2 Å². The fourth-order valence-corrected chi connectivity index (χ4v) is 1.74. The van der Waals surface area contributed by atoms with Gasteiger partial charge in [0.05, 0.1) is 19.8 Å². The molecule has 2 atom stereocenters. The molecule has 0 aromatic carbocycles. The molecule has 2 heterocycles. The van der Waals surface area contributed by atoms with Gasteiger partial charge in [0, 0.05) is 6.54 Å². The molecule has 1 unspecified atom stereocenters. The first-order chi connectivity index (χ1) is 6.74. The van der Waals surface area contributed by atoms with Gasteiger partial charge in [-0.05, 0) is 0 Å². The lowest BCUT2D eigenvalue weighted by molar-refractivity contribution is -0.158. The molecular weight excluding hydrogens is 188 g/mol. The maximum atomic E-state index is 11.6. The smallest absolute Gasteiger partial charge is 0.248 e. The van der Waals surface area contributed by atoms with Crippen LogP contribution in [0.4, 0.5) is 0 Å². The van der Waals surface area contributed by atoms with Crippen LogP contribution < -0.4 is 5.32 Å². The number of nitrogens with zero attached hydrogens (tertiary/aromatic N) is 1. The quantitative estimate of drug-likeness (QED) is 0.499. The molecule has 2 aliphatic heterocycles. The Morgan fingerprint density at radius 3 is 3.07 bits per heavy atom. The lowest BCUT2D eigenvalue weighted by Gasteiger charge is -2.40. The first-order valence-electron chi connectivity index (χ1n) is 4.53. The molecule has 0 aromatic heterocycles. The number of morpholine rings is 1. The van der Waals surface area contributed by atoms with Crippen molar-refractivity contribution in [2.75, 3.05) is 26.4 Å². The summed E-state index contributed by atoms with van der Waals surface area (Å²) in [5.41, 5.74) is 0. The average Bonchev–Trinajstić information content (AvgIpc) is 2.23. The fraction of sp³-hybridized carbons (Fsp3) is 0.750. The number of aliphatic hydroxyl groups excluding tert-OH is 1. The zero-order valence-corrected chi connectivity index (χ0v) is 7.60. The van der Waals surface area contributed by atoms with Gasteiger partial charge >= 0.3 is 0 Å². The van der Waals surface area contributed by atoms with Crippen molar-refractivity contribution < 1.29 is 19.4 Å². The highest BCUT2D eigenvalue weighted by Crippen LogP contribution is 2.13. The van der Waals surface area contributed by atoms with Crippen LogP contribution in [0.2, 0.25) is 0 Å². The largest absolute Gasteiger partial charge is 0.394 e. The van der Waals surface area contributed by atoms with Gasteiger partial charge in [-0.15, -0.1) is 0 Å². The summed E-state index contributed by atoms with van der Waals surface area (Å²) >= 11 is 0. The number of amides is 2. The SMILES string of the molecule is O=C1N[C@H](CO)C(=O)N2CCOCC12. The van der Waals surface area contributed by atoms with Gasteiger partial charge in [0.15, 0.2) is 0 Å². The van der Waals surface area contributed by atoms with E-state index in [-0.39, 0.29) is 25.0 Å². The molecule has 0 aliphatic carbocycles. The molecule has 0 bridgehead atoms. The van der Waals surface area contributed by atoms with E-state index in [0.717, 1.165) is 0 Å². The maximum absolute atomic E-state index is 11.6. The molecule has 2 aliphatic rings. The summed E-state index contributed by atoms with van der Waals surface area (Å²) in [6, 6.07) is -1.30. The van der Waals surface area contributed by atoms with Crippen molar-refractivity contribution in [1.82, 2.24) is 10.2 Å². The third kappa shape index (κ3) is 1.36. The summed E-state index contributed by atoms with van der Waals surface area (Å²) in [4.78, 5) is 24.6. The highest BCUT2D eigenvalue weighted by atomic mass is 16.5. The van der Waals surface area contributed by atoms with Gasteiger partial charge in [0.2, 0.25) is 11.8 Å². The van der Waals surface area contributed by atoms with Crippen molar-refractivity contribution in [2.24, 2.45) is 0 Å². The lowest BCUT2D eigenvalue weighted by atomic mass is 10.1. The molecule has 78 valence electrons. The van der Waals surface area contributed by atoms with Crippen LogP contribution in [-0.2, 0) is 14.3 Å². The highest BCUT2D eigenvalue weighted by molar-refractivity contribution is 5.97. The van der Waals surface area contributed by atoms with Crippen LogP contribution in [-0.4, -0.2) is 60.3 Å². The number of nitrogens with one attached hydrogen (secondary N) is 1. The van der Waals surface area contributed by atoms with E-state index in [1.807, 2.05) is 0 Å². The standard InChI is InChI=1S/C8H12N2O4/c11-3-5-8(13)10-1-2-14-4-6(10)7(12)9-5/h5-6,11H,1-4H2,(H,9,12)/t5-,6?/m1/s1. The van der Waals surface area contributed by atoms with E-state index < -0.39 is 12.1 Å². The number of hydrogen-bond donors (Lipinski definition) is 2. The average molecular weight is 200 g/mol. The fourth-order valence-electron chi connectivity index (χ4n) is 1.74. The number of piperazine rings is 1. The Hall–Kier alpha value is -1.14. The number of ether oxygens (including phenoxy) is 1. The summed E-state index contributed by atoms with van der Waals surface area (Å²) in [7, 11) is 0. The van der Waals surface area contributed by atoms with Gasteiger partial charge in [-0.1, -0.05) is 0 Å². The first-order valence-corrected chi connectivity index (χ1v) is 4.53. The highest BCUT2D eigenvalue weighted by Gasteiger charge is 2.41. The summed E-state index contributed by atoms with van der Waals surface area (Å²) in [5.74, 6) is -0.469. The van der Waals surface area contributed by atoms with Crippen LogP contribution in [0.5, 0.6) is 0 Å². The van der Waals surface area contributed by atoms with Crippen molar-refractivity contribution in [2.45, 2.75) is 12.1 Å². The number of aliphatic hydroxyl groups is 1. The predicted octanol–water partition coefficient (Wildman–Crippen LogP) is -2.30. The second-order valence-corrected chi connectivity index (χ2v) is 3.37. The molecular formula is C8H12N2O4. The monoisotopic (exact) mass is 200 g/mol. The number of fused-ring (bicyclic) bond motifs is 1. The van der Waals surface area contributed by atoms with Crippen molar-refractivity contribution in [3.63, 3.8) is 0 Å². The Balaban J connectivity index is 2.17. The molecule has 2 amide bonds. The molecule has 2 saturated heterocycles. The van der Waals surface area contributed by atoms with Crippen LogP contribution in [0.1, 0.15) is 0 Å². The second kappa shape index (κ2) is 3.55. The molecule has 6 nitrogen and oxygen atoms in total. The lowest BCUT2D eigenvalue weighted by Crippen LogP contribution is -2.67. The minimum Gasteiger partial charge on any atom is -0.394 e. The summed E-state index contributed by atoms with van der Waals surface area (Å²) < 4.78 is 5.11. The Labute approximate surface area is 80.8 Å². The van der Waals surface area contributed by atoms with E-state index in [1.165, 1.54) is 4.90 Å². The number of carbonyl (C=O) groups is 2. The first kappa shape index (κ1) is 9.42. The van der Waals surface area contributed by atoms with Gasteiger partial charge in [-0.2, -0.15) is 0 Å². The van der Waals surface area contributed by atoms with Gasteiger partial charge in [0.1, 0.15) is 12.1 Å². The van der Waals surface area contributed by atoms with E-state index in [2.05, 4.69) is 5.32 Å². The molecule has 14 heavy (non-hydrogen) atoms. The molecule has 0 radical (unpaired) electrons. The van der Waals surface area contributed by atoms with Crippen molar-refractivity contribution >= 4 is 11.8 Å². The Morgan fingerprint density at radius 2 is 2.36 bits per heavy atom. The minimum atomic E-state index is -0.781. The molecule has 0 spiro atoms. The Kier molecular flexibility index (Phi) is 2.39. The van der Waals surface area contributed by atoms with E-state index in [1.54, 1.807) is 0 Å². The number of carbonyl (C=O) groups excluding carboxylic acids is 2. The Bertz CT molecular complexity index is 268. The normalized spacial score (nSPS) is 32.5. The summed E-state index contributed by atoms with van der Waals surface area (Å²) in [6.07, 6.45) is 0.